The van der Waals surface area contributed by atoms with Gasteiger partial charge < -0.3 is 5.11 Å². The molecule has 0 aliphatic rings. The lowest BCUT2D eigenvalue weighted by molar-refractivity contribution is -0.136. The van der Waals surface area contributed by atoms with Crippen molar-refractivity contribution in [2.24, 2.45) is 0 Å². The van der Waals surface area contributed by atoms with Crippen molar-refractivity contribution in [1.82, 2.24) is 9.97 Å². The lowest BCUT2D eigenvalue weighted by Gasteiger charge is -1.96. The van der Waals surface area contributed by atoms with Gasteiger partial charge in [0.15, 0.2) is 0 Å². The number of aryl methyl sites for hydroxylation is 1. The molecule has 0 radical (unpaired) electrons. The second-order valence-corrected chi connectivity index (χ2v) is 6.57. The van der Waals surface area contributed by atoms with Crippen LogP contribution in [-0.4, -0.2) is 21.0 Å². The molecule has 4 nitrogen and oxygen atoms in total. The summed E-state index contributed by atoms with van der Waals surface area (Å²) in [6, 6.07) is 9.63. The van der Waals surface area contributed by atoms with E-state index in [9.17, 15) is 4.79 Å². The molecule has 106 valence electrons. The first-order valence-corrected chi connectivity index (χ1v) is 8.02. The van der Waals surface area contributed by atoms with Crippen LogP contribution in [0.1, 0.15) is 10.6 Å². The summed E-state index contributed by atoms with van der Waals surface area (Å²) in [6.45, 7) is 1.95. The van der Waals surface area contributed by atoms with E-state index in [0.717, 1.165) is 31.8 Å². The number of aromatic nitrogens is 2. The lowest BCUT2D eigenvalue weighted by atomic mass is 10.3. The van der Waals surface area contributed by atoms with Crippen LogP contribution in [0, 0.1) is 6.92 Å². The van der Waals surface area contributed by atoms with Crippen molar-refractivity contribution in [3.05, 3.63) is 46.3 Å². The summed E-state index contributed by atoms with van der Waals surface area (Å²) in [6.07, 6.45) is 0.0566. The molecular formula is C15H12N2O2S2. The van der Waals surface area contributed by atoms with Gasteiger partial charge >= 0.3 is 5.97 Å². The van der Waals surface area contributed by atoms with E-state index in [4.69, 9.17) is 5.11 Å². The van der Waals surface area contributed by atoms with Crippen LogP contribution >= 0.6 is 22.7 Å². The molecule has 0 amide bonds. The number of carboxylic acids is 1. The molecule has 1 N–H and O–H groups in total. The van der Waals surface area contributed by atoms with Crippen molar-refractivity contribution in [2.75, 3.05) is 0 Å². The molecule has 0 atom stereocenters. The fourth-order valence-corrected chi connectivity index (χ4v) is 3.75. The third-order valence-corrected chi connectivity index (χ3v) is 4.82. The molecule has 3 heterocycles. The summed E-state index contributed by atoms with van der Waals surface area (Å²) in [5, 5.41) is 11.7. The van der Waals surface area contributed by atoms with E-state index in [1.807, 2.05) is 42.6 Å². The van der Waals surface area contributed by atoms with Gasteiger partial charge in [0, 0.05) is 16.0 Å². The fourth-order valence-electron chi connectivity index (χ4n) is 1.93. The highest BCUT2D eigenvalue weighted by Gasteiger charge is 2.11. The Morgan fingerprint density at radius 1 is 1.19 bits per heavy atom. The zero-order valence-corrected chi connectivity index (χ0v) is 12.9. The van der Waals surface area contributed by atoms with Gasteiger partial charge in [0.25, 0.3) is 0 Å². The number of rotatable bonds is 4. The third kappa shape index (κ3) is 3.17. The highest BCUT2D eigenvalue weighted by molar-refractivity contribution is 7.16. The average Bonchev–Trinajstić information content (AvgIpc) is 3.06. The van der Waals surface area contributed by atoms with Gasteiger partial charge in [0.05, 0.1) is 22.7 Å². The Hall–Kier alpha value is -2.05. The Kier molecular flexibility index (Phi) is 3.81. The van der Waals surface area contributed by atoms with E-state index in [1.165, 1.54) is 11.3 Å². The second kappa shape index (κ2) is 5.75. The maximum Gasteiger partial charge on any atom is 0.308 e. The molecule has 0 aromatic carbocycles. The smallest absolute Gasteiger partial charge is 0.308 e. The Morgan fingerprint density at radius 3 is 2.81 bits per heavy atom. The summed E-state index contributed by atoms with van der Waals surface area (Å²) in [7, 11) is 0. The van der Waals surface area contributed by atoms with Crippen molar-refractivity contribution >= 4 is 28.6 Å². The van der Waals surface area contributed by atoms with Gasteiger partial charge in [-0.05, 0) is 31.2 Å². The van der Waals surface area contributed by atoms with E-state index in [-0.39, 0.29) is 6.42 Å². The lowest BCUT2D eigenvalue weighted by Crippen LogP contribution is -1.96. The highest BCUT2D eigenvalue weighted by atomic mass is 32.1. The van der Waals surface area contributed by atoms with Crippen LogP contribution in [0.2, 0.25) is 0 Å². The zero-order chi connectivity index (χ0) is 14.8. The highest BCUT2D eigenvalue weighted by Crippen LogP contribution is 2.32. The summed E-state index contributed by atoms with van der Waals surface area (Å²) >= 11 is 3.01. The second-order valence-electron chi connectivity index (χ2n) is 4.54. The first kappa shape index (κ1) is 13.9. The van der Waals surface area contributed by atoms with Crippen LogP contribution in [0.5, 0.6) is 0 Å². The Balaban J connectivity index is 1.88. The van der Waals surface area contributed by atoms with Crippen LogP contribution in [0.4, 0.5) is 0 Å². The van der Waals surface area contributed by atoms with Gasteiger partial charge in [0.2, 0.25) is 0 Å². The van der Waals surface area contributed by atoms with Crippen molar-refractivity contribution in [2.45, 2.75) is 13.3 Å². The van der Waals surface area contributed by atoms with E-state index in [0.29, 0.717) is 0 Å². The molecular weight excluding hydrogens is 304 g/mol. The molecule has 0 saturated heterocycles. The number of carboxylic acid groups (broad SMARTS) is 1. The monoisotopic (exact) mass is 316 g/mol. The largest absolute Gasteiger partial charge is 0.481 e. The molecule has 0 unspecified atom stereocenters. The average molecular weight is 316 g/mol. The van der Waals surface area contributed by atoms with E-state index in [1.54, 1.807) is 11.3 Å². The number of thiazole rings is 1. The Morgan fingerprint density at radius 2 is 2.05 bits per heavy atom. The molecule has 21 heavy (non-hydrogen) atoms. The van der Waals surface area contributed by atoms with Crippen molar-refractivity contribution in [3.63, 3.8) is 0 Å². The first-order chi connectivity index (χ1) is 10.1. The van der Waals surface area contributed by atoms with Gasteiger partial charge in [-0.3, -0.25) is 9.78 Å². The minimum Gasteiger partial charge on any atom is -0.481 e. The van der Waals surface area contributed by atoms with E-state index >= 15 is 0 Å². The summed E-state index contributed by atoms with van der Waals surface area (Å²) in [5.41, 5.74) is 2.71. The van der Waals surface area contributed by atoms with Gasteiger partial charge in [0.1, 0.15) is 5.01 Å². The summed E-state index contributed by atoms with van der Waals surface area (Å²) < 4.78 is 0. The summed E-state index contributed by atoms with van der Waals surface area (Å²) in [4.78, 5) is 21.6. The number of hydrogen-bond donors (Lipinski definition) is 1. The van der Waals surface area contributed by atoms with Crippen LogP contribution in [0.15, 0.2) is 35.7 Å². The van der Waals surface area contributed by atoms with Crippen molar-refractivity contribution in [1.29, 1.82) is 0 Å². The van der Waals surface area contributed by atoms with Crippen molar-refractivity contribution in [3.8, 4) is 21.3 Å². The van der Waals surface area contributed by atoms with Crippen LogP contribution in [0.25, 0.3) is 21.3 Å². The maximum atomic E-state index is 10.7. The molecule has 0 spiro atoms. The van der Waals surface area contributed by atoms with Gasteiger partial charge in [-0.2, -0.15) is 0 Å². The predicted octanol–water partition coefficient (Wildman–Crippen LogP) is 3.87. The third-order valence-electron chi connectivity index (χ3n) is 2.85. The van der Waals surface area contributed by atoms with Gasteiger partial charge in [-0.15, -0.1) is 22.7 Å². The molecule has 3 rings (SSSR count). The predicted molar refractivity (Wildman–Crippen MR) is 84.7 cm³/mol. The van der Waals surface area contributed by atoms with Crippen LogP contribution in [0.3, 0.4) is 0 Å². The molecule has 0 fully saturated rings. The first-order valence-electron chi connectivity index (χ1n) is 6.32. The minimum absolute atomic E-state index is 0.0566. The van der Waals surface area contributed by atoms with Gasteiger partial charge in [-0.1, -0.05) is 6.07 Å². The molecule has 0 saturated carbocycles. The number of carbonyl (C=O) groups is 1. The number of thiophene rings is 1. The zero-order valence-electron chi connectivity index (χ0n) is 11.2. The topological polar surface area (TPSA) is 63.1 Å². The van der Waals surface area contributed by atoms with E-state index < -0.39 is 5.97 Å². The molecule has 3 aromatic rings. The van der Waals surface area contributed by atoms with E-state index in [2.05, 4.69) is 9.97 Å². The van der Waals surface area contributed by atoms with Gasteiger partial charge in [-0.25, -0.2) is 4.98 Å². The minimum atomic E-state index is -0.814. The number of hydrogen-bond acceptors (Lipinski definition) is 5. The molecule has 0 bridgehead atoms. The standard InChI is InChI=1S/C15H12N2O2S2/c1-9-3-2-4-11(16-9)15-17-12(8-20-15)13-6-5-10(21-13)7-14(18)19/h2-6,8H,7H2,1H3,(H,18,19). The van der Waals surface area contributed by atoms with Crippen molar-refractivity contribution < 1.29 is 9.90 Å². The molecule has 3 aromatic heterocycles. The summed E-state index contributed by atoms with van der Waals surface area (Å²) in [5.74, 6) is -0.814. The number of aliphatic carboxylic acids is 1. The SMILES string of the molecule is Cc1cccc(-c2nc(-c3ccc(CC(=O)O)s3)cs2)n1. The normalized spacial score (nSPS) is 10.7. The van der Waals surface area contributed by atoms with Crippen LogP contribution in [-0.2, 0) is 11.2 Å². The molecule has 6 heteroatoms. The number of pyridine rings is 1. The molecule has 0 aliphatic heterocycles. The van der Waals surface area contributed by atoms with Crippen LogP contribution < -0.4 is 0 Å². The fraction of sp³-hybridized carbons (Fsp3) is 0.133. The quantitative estimate of drug-likeness (QED) is 0.793. The number of nitrogens with zero attached hydrogens (tertiary/aromatic N) is 2. The maximum absolute atomic E-state index is 10.7. The Bertz CT molecular complexity index is 792. The Labute approximate surface area is 129 Å². The molecule has 0 aliphatic carbocycles.